The number of rotatable bonds is 6. The highest BCUT2D eigenvalue weighted by molar-refractivity contribution is 5.93. The van der Waals surface area contributed by atoms with Crippen LogP contribution in [0.4, 0.5) is 11.5 Å². The molecule has 10 nitrogen and oxygen atoms in total. The minimum atomic E-state index is -1.30. The fourth-order valence-electron chi connectivity index (χ4n) is 1.59. The fourth-order valence-corrected chi connectivity index (χ4v) is 1.59. The average Bonchev–Trinajstić information content (AvgIpc) is 2.84. The van der Waals surface area contributed by atoms with Crippen LogP contribution in [-0.2, 0) is 6.42 Å². The number of aryl methyl sites for hydroxylation is 1. The van der Waals surface area contributed by atoms with Crippen molar-refractivity contribution in [3.63, 3.8) is 0 Å². The van der Waals surface area contributed by atoms with E-state index < -0.39 is 10.9 Å². The third-order valence-corrected chi connectivity index (χ3v) is 2.53. The van der Waals surface area contributed by atoms with Gasteiger partial charge in [-0.05, 0) is 0 Å². The van der Waals surface area contributed by atoms with E-state index in [4.69, 9.17) is 9.63 Å². The summed E-state index contributed by atoms with van der Waals surface area (Å²) in [5.74, 6) is -0.346. The third-order valence-electron chi connectivity index (χ3n) is 2.53. The van der Waals surface area contributed by atoms with Crippen LogP contribution in [0.25, 0.3) is 0 Å². The summed E-state index contributed by atoms with van der Waals surface area (Å²) in [6, 6.07) is 0.955. The highest BCUT2D eigenvalue weighted by Crippen LogP contribution is 2.19. The van der Waals surface area contributed by atoms with Crippen LogP contribution in [0.2, 0.25) is 0 Å². The van der Waals surface area contributed by atoms with Crippen LogP contribution < -0.4 is 5.32 Å². The molecule has 0 unspecified atom stereocenters. The SMILES string of the molecule is Cc1nc(CCNc2ncc([N+](=O)[O-])cc2C(=O)O)no1. The molecule has 110 valence electrons. The van der Waals surface area contributed by atoms with Gasteiger partial charge in [0.25, 0.3) is 5.69 Å². The molecule has 0 saturated heterocycles. The van der Waals surface area contributed by atoms with Gasteiger partial charge in [0.05, 0.1) is 4.92 Å². The zero-order chi connectivity index (χ0) is 15.4. The normalized spacial score (nSPS) is 10.3. The van der Waals surface area contributed by atoms with Gasteiger partial charge in [-0.2, -0.15) is 4.98 Å². The molecule has 2 aromatic rings. The summed E-state index contributed by atoms with van der Waals surface area (Å²) in [5.41, 5.74) is -0.653. The molecule has 2 heterocycles. The second-order valence-electron chi connectivity index (χ2n) is 4.06. The molecule has 0 radical (unpaired) electrons. The van der Waals surface area contributed by atoms with E-state index in [-0.39, 0.29) is 17.1 Å². The van der Waals surface area contributed by atoms with Crippen LogP contribution in [0.3, 0.4) is 0 Å². The highest BCUT2D eigenvalue weighted by atomic mass is 16.6. The van der Waals surface area contributed by atoms with E-state index in [1.165, 1.54) is 0 Å². The largest absolute Gasteiger partial charge is 0.478 e. The Bertz CT molecular complexity index is 683. The number of carboxylic acids is 1. The molecule has 10 heteroatoms. The van der Waals surface area contributed by atoms with Gasteiger partial charge in [0.15, 0.2) is 5.82 Å². The number of hydrogen-bond donors (Lipinski definition) is 2. The molecule has 0 fully saturated rings. The maximum absolute atomic E-state index is 11.1. The number of hydrogen-bond acceptors (Lipinski definition) is 8. The average molecular weight is 293 g/mol. The Hall–Kier alpha value is -3.04. The van der Waals surface area contributed by atoms with Crippen molar-refractivity contribution in [3.05, 3.63) is 39.7 Å². The van der Waals surface area contributed by atoms with Crippen molar-refractivity contribution in [1.82, 2.24) is 15.1 Å². The van der Waals surface area contributed by atoms with Gasteiger partial charge in [0.1, 0.15) is 17.6 Å². The van der Waals surface area contributed by atoms with Crippen molar-refractivity contribution in [2.75, 3.05) is 11.9 Å². The minimum Gasteiger partial charge on any atom is -0.478 e. The molecule has 0 aliphatic carbocycles. The zero-order valence-electron chi connectivity index (χ0n) is 10.9. The maximum Gasteiger partial charge on any atom is 0.339 e. The smallest absolute Gasteiger partial charge is 0.339 e. The van der Waals surface area contributed by atoms with Gasteiger partial charge >= 0.3 is 5.97 Å². The highest BCUT2D eigenvalue weighted by Gasteiger charge is 2.17. The molecule has 0 aromatic carbocycles. The van der Waals surface area contributed by atoms with Crippen LogP contribution in [0.5, 0.6) is 0 Å². The van der Waals surface area contributed by atoms with Crippen molar-refractivity contribution in [3.8, 4) is 0 Å². The van der Waals surface area contributed by atoms with Crippen molar-refractivity contribution in [2.45, 2.75) is 13.3 Å². The summed E-state index contributed by atoms with van der Waals surface area (Å²) in [4.78, 5) is 28.8. The van der Waals surface area contributed by atoms with Gasteiger partial charge in [-0.1, -0.05) is 5.16 Å². The van der Waals surface area contributed by atoms with E-state index in [2.05, 4.69) is 20.4 Å². The summed E-state index contributed by atoms with van der Waals surface area (Å²) < 4.78 is 4.80. The first kappa shape index (κ1) is 14.4. The first-order valence-electron chi connectivity index (χ1n) is 5.88. The summed E-state index contributed by atoms with van der Waals surface area (Å²) in [7, 11) is 0. The van der Waals surface area contributed by atoms with Crippen molar-refractivity contribution in [2.24, 2.45) is 0 Å². The Kier molecular flexibility index (Phi) is 4.07. The molecule has 0 saturated carbocycles. The van der Waals surface area contributed by atoms with Gasteiger partial charge in [-0.15, -0.1) is 0 Å². The lowest BCUT2D eigenvalue weighted by molar-refractivity contribution is -0.385. The topological polar surface area (TPSA) is 144 Å². The lowest BCUT2D eigenvalue weighted by Crippen LogP contribution is -2.12. The number of nitrogens with zero attached hydrogens (tertiary/aromatic N) is 4. The molecule has 0 spiro atoms. The zero-order valence-corrected chi connectivity index (χ0v) is 10.9. The van der Waals surface area contributed by atoms with Gasteiger partial charge in [0, 0.05) is 26.0 Å². The van der Waals surface area contributed by atoms with E-state index in [0.717, 1.165) is 12.3 Å². The Labute approximate surface area is 118 Å². The Morgan fingerprint density at radius 1 is 1.57 bits per heavy atom. The van der Waals surface area contributed by atoms with Gasteiger partial charge in [0.2, 0.25) is 5.89 Å². The molecule has 0 amide bonds. The van der Waals surface area contributed by atoms with E-state index in [1.807, 2.05) is 0 Å². The quantitative estimate of drug-likeness (QED) is 0.589. The van der Waals surface area contributed by atoms with Gasteiger partial charge < -0.3 is 14.9 Å². The van der Waals surface area contributed by atoms with E-state index in [0.29, 0.717) is 24.7 Å². The Balaban J connectivity index is 2.08. The lowest BCUT2D eigenvalue weighted by Gasteiger charge is -2.06. The molecule has 0 atom stereocenters. The first-order chi connectivity index (χ1) is 9.97. The number of aromatic carboxylic acids is 1. The molecular formula is C11H11N5O5. The number of carbonyl (C=O) groups is 1. The minimum absolute atomic E-state index is 0.0494. The van der Waals surface area contributed by atoms with Gasteiger partial charge in [-0.25, -0.2) is 9.78 Å². The maximum atomic E-state index is 11.1. The summed E-state index contributed by atoms with van der Waals surface area (Å²) in [6.07, 6.45) is 1.39. The van der Waals surface area contributed by atoms with E-state index in [9.17, 15) is 14.9 Å². The van der Waals surface area contributed by atoms with E-state index >= 15 is 0 Å². The second-order valence-corrected chi connectivity index (χ2v) is 4.06. The summed E-state index contributed by atoms with van der Waals surface area (Å²) in [6.45, 7) is 1.97. The number of nitrogens with one attached hydrogen (secondary N) is 1. The van der Waals surface area contributed by atoms with Crippen molar-refractivity contribution < 1.29 is 19.3 Å². The van der Waals surface area contributed by atoms with Crippen molar-refractivity contribution in [1.29, 1.82) is 0 Å². The number of nitro groups is 1. The predicted octanol–water partition coefficient (Wildman–Crippen LogP) is 1.03. The van der Waals surface area contributed by atoms with Gasteiger partial charge in [-0.3, -0.25) is 10.1 Å². The van der Waals surface area contributed by atoms with Crippen LogP contribution >= 0.6 is 0 Å². The fraction of sp³-hybridized carbons (Fsp3) is 0.273. The van der Waals surface area contributed by atoms with Crippen molar-refractivity contribution >= 4 is 17.5 Å². The van der Waals surface area contributed by atoms with Crippen LogP contribution in [-0.4, -0.2) is 37.7 Å². The molecule has 2 rings (SSSR count). The van der Waals surface area contributed by atoms with Crippen LogP contribution in [0, 0.1) is 17.0 Å². The summed E-state index contributed by atoms with van der Waals surface area (Å²) in [5, 5.41) is 26.1. The standard InChI is InChI=1S/C11H11N5O5/c1-6-14-9(15-21-6)2-3-12-10-8(11(17)18)4-7(5-13-10)16(19)20/h4-5H,2-3H2,1H3,(H,12,13)(H,17,18). The molecule has 0 bridgehead atoms. The molecule has 0 aliphatic rings. The first-order valence-corrected chi connectivity index (χ1v) is 5.88. The molecule has 2 aromatic heterocycles. The molecule has 21 heavy (non-hydrogen) atoms. The van der Waals surface area contributed by atoms with Crippen LogP contribution in [0.1, 0.15) is 22.1 Å². The monoisotopic (exact) mass is 293 g/mol. The number of anilines is 1. The molecular weight excluding hydrogens is 282 g/mol. The molecule has 2 N–H and O–H groups in total. The van der Waals surface area contributed by atoms with E-state index in [1.54, 1.807) is 6.92 Å². The predicted molar refractivity (Wildman–Crippen MR) is 69.1 cm³/mol. The molecule has 0 aliphatic heterocycles. The second kappa shape index (κ2) is 5.94. The van der Waals surface area contributed by atoms with Crippen LogP contribution in [0.15, 0.2) is 16.8 Å². The third kappa shape index (κ3) is 3.49. The Morgan fingerprint density at radius 3 is 2.90 bits per heavy atom. The number of carboxylic acid groups (broad SMARTS) is 1. The number of aromatic nitrogens is 3. The number of pyridine rings is 1. The summed E-state index contributed by atoms with van der Waals surface area (Å²) >= 11 is 0. The Morgan fingerprint density at radius 2 is 2.33 bits per heavy atom. The lowest BCUT2D eigenvalue weighted by atomic mass is 10.2.